The van der Waals surface area contributed by atoms with Gasteiger partial charge < -0.3 is 14.2 Å². The first-order chi connectivity index (χ1) is 15.8. The van der Waals surface area contributed by atoms with Crippen LogP contribution in [0.15, 0.2) is 44.9 Å². The fraction of sp³-hybridized carbons (Fsp3) is 0.261. The third-order valence-electron chi connectivity index (χ3n) is 4.75. The monoisotopic (exact) mass is 580 g/mol. The van der Waals surface area contributed by atoms with E-state index in [0.29, 0.717) is 43.9 Å². The molecular weight excluding hydrogens is 560 g/mol. The van der Waals surface area contributed by atoms with Gasteiger partial charge in [-0.2, -0.15) is 0 Å². The minimum Gasteiger partial charge on any atom is -0.494 e. The fourth-order valence-corrected chi connectivity index (χ4v) is 4.73. The molecule has 1 aliphatic rings. The number of nitrogens with one attached hydrogen (secondary N) is 1. The van der Waals surface area contributed by atoms with Crippen LogP contribution in [0.2, 0.25) is 0 Å². The second-order valence-electron chi connectivity index (χ2n) is 7.06. The number of ether oxygens (including phenoxy) is 3. The third kappa shape index (κ3) is 5.56. The molecule has 0 saturated carbocycles. The van der Waals surface area contributed by atoms with E-state index in [1.807, 2.05) is 6.92 Å². The van der Waals surface area contributed by atoms with E-state index in [1.54, 1.807) is 30.3 Å². The summed E-state index contributed by atoms with van der Waals surface area (Å²) in [5.74, 6) is 0.186. The van der Waals surface area contributed by atoms with Gasteiger partial charge in [-0.15, -0.1) is 0 Å². The van der Waals surface area contributed by atoms with E-state index in [4.69, 9.17) is 14.2 Å². The van der Waals surface area contributed by atoms with Crippen molar-refractivity contribution >= 4 is 55.8 Å². The molecule has 1 heterocycles. The highest BCUT2D eigenvalue weighted by molar-refractivity contribution is 9.11. The highest BCUT2D eigenvalue weighted by Crippen LogP contribution is 2.35. The van der Waals surface area contributed by atoms with Crippen LogP contribution in [0.5, 0.6) is 17.2 Å². The SMILES string of the molecule is CCCOc1ccc(CN2C(=O)NC(=O)/C(=C\c3cc(Br)c(OC)c(Br)c3)C2=O)cc1OC. The fourth-order valence-electron chi connectivity index (χ4n) is 3.19. The standard InChI is InChI=1S/C23H22Br2N2O6/c1-4-7-33-18-6-5-13(11-19(18)31-2)12-27-22(29)15(21(28)26-23(27)30)8-14-9-16(24)20(32-3)17(25)10-14/h5-6,8-11H,4,7,12H2,1-3H3,(H,26,28,30)/b15-8+. The Morgan fingerprint density at radius 3 is 2.30 bits per heavy atom. The summed E-state index contributed by atoms with van der Waals surface area (Å²) in [5.41, 5.74) is 1.05. The van der Waals surface area contributed by atoms with Gasteiger partial charge in [0.2, 0.25) is 0 Å². The molecular formula is C23H22Br2N2O6. The summed E-state index contributed by atoms with van der Waals surface area (Å²) in [4.78, 5) is 38.9. The Balaban J connectivity index is 1.89. The first-order valence-electron chi connectivity index (χ1n) is 10.0. The van der Waals surface area contributed by atoms with Gasteiger partial charge in [0.25, 0.3) is 11.8 Å². The lowest BCUT2D eigenvalue weighted by atomic mass is 10.1. The number of carbonyl (C=O) groups excluding carboxylic acids is 3. The average Bonchev–Trinajstić information content (AvgIpc) is 2.78. The number of benzene rings is 2. The summed E-state index contributed by atoms with van der Waals surface area (Å²) in [6.07, 6.45) is 2.27. The van der Waals surface area contributed by atoms with E-state index in [0.717, 1.165) is 11.3 Å². The van der Waals surface area contributed by atoms with Crippen molar-refractivity contribution in [3.05, 3.63) is 56.0 Å². The highest BCUT2D eigenvalue weighted by Gasteiger charge is 2.35. The molecule has 1 fully saturated rings. The third-order valence-corrected chi connectivity index (χ3v) is 5.93. The number of halogens is 2. The maximum atomic E-state index is 13.1. The number of rotatable bonds is 8. The first-order valence-corrected chi connectivity index (χ1v) is 11.6. The molecule has 0 radical (unpaired) electrons. The van der Waals surface area contributed by atoms with Crippen LogP contribution >= 0.6 is 31.9 Å². The van der Waals surface area contributed by atoms with Crippen LogP contribution in [0, 0.1) is 0 Å². The van der Waals surface area contributed by atoms with Crippen molar-refractivity contribution in [1.29, 1.82) is 0 Å². The Labute approximate surface area is 208 Å². The predicted octanol–water partition coefficient (Wildman–Crippen LogP) is 4.68. The Bertz CT molecular complexity index is 1110. The van der Waals surface area contributed by atoms with Crippen molar-refractivity contribution in [2.24, 2.45) is 0 Å². The van der Waals surface area contributed by atoms with Crippen molar-refractivity contribution in [3.8, 4) is 17.2 Å². The van der Waals surface area contributed by atoms with E-state index in [-0.39, 0.29) is 12.1 Å². The van der Waals surface area contributed by atoms with E-state index in [1.165, 1.54) is 20.3 Å². The number of nitrogens with zero attached hydrogens (tertiary/aromatic N) is 1. The Morgan fingerprint density at radius 2 is 1.70 bits per heavy atom. The lowest BCUT2D eigenvalue weighted by Gasteiger charge is -2.26. The van der Waals surface area contributed by atoms with Gasteiger partial charge in [0.05, 0.1) is 36.3 Å². The number of urea groups is 1. The first kappa shape index (κ1) is 24.8. The summed E-state index contributed by atoms with van der Waals surface area (Å²) in [6.45, 7) is 2.49. The van der Waals surface area contributed by atoms with Crippen LogP contribution in [0.25, 0.3) is 6.08 Å². The van der Waals surface area contributed by atoms with Crippen molar-refractivity contribution < 1.29 is 28.6 Å². The molecule has 1 N–H and O–H groups in total. The number of hydrogen-bond acceptors (Lipinski definition) is 6. The Kier molecular flexibility index (Phi) is 8.15. The van der Waals surface area contributed by atoms with Gasteiger partial charge in [-0.3, -0.25) is 19.8 Å². The van der Waals surface area contributed by atoms with Crippen LogP contribution in [0.4, 0.5) is 4.79 Å². The zero-order chi connectivity index (χ0) is 24.1. The number of amides is 4. The lowest BCUT2D eigenvalue weighted by molar-refractivity contribution is -0.130. The molecule has 0 unspecified atom stereocenters. The second kappa shape index (κ2) is 10.8. The number of imide groups is 2. The molecule has 0 spiro atoms. The molecule has 0 aromatic heterocycles. The van der Waals surface area contributed by atoms with Crippen LogP contribution in [0.3, 0.4) is 0 Å². The Morgan fingerprint density at radius 1 is 1.00 bits per heavy atom. The van der Waals surface area contributed by atoms with Gasteiger partial charge in [-0.25, -0.2) is 4.79 Å². The molecule has 33 heavy (non-hydrogen) atoms. The minimum absolute atomic E-state index is 0.0459. The van der Waals surface area contributed by atoms with Crippen molar-refractivity contribution in [2.45, 2.75) is 19.9 Å². The highest BCUT2D eigenvalue weighted by atomic mass is 79.9. The average molecular weight is 582 g/mol. The minimum atomic E-state index is -0.787. The number of methoxy groups -OCH3 is 2. The largest absolute Gasteiger partial charge is 0.494 e. The normalized spacial score (nSPS) is 15.0. The molecule has 3 rings (SSSR count). The van der Waals surface area contributed by atoms with Gasteiger partial charge in [0, 0.05) is 0 Å². The van der Waals surface area contributed by atoms with Crippen LogP contribution < -0.4 is 19.5 Å². The molecule has 1 aliphatic heterocycles. The van der Waals surface area contributed by atoms with E-state index >= 15 is 0 Å². The molecule has 174 valence electrons. The van der Waals surface area contributed by atoms with E-state index in [9.17, 15) is 14.4 Å². The predicted molar refractivity (Wildman–Crippen MR) is 129 cm³/mol. The number of barbiturate groups is 1. The molecule has 0 aliphatic carbocycles. The molecule has 0 bridgehead atoms. The van der Waals surface area contributed by atoms with Gasteiger partial charge in [0.15, 0.2) is 11.5 Å². The van der Waals surface area contributed by atoms with Gasteiger partial charge in [0.1, 0.15) is 11.3 Å². The van der Waals surface area contributed by atoms with Gasteiger partial charge in [-0.1, -0.05) is 13.0 Å². The molecule has 2 aromatic carbocycles. The van der Waals surface area contributed by atoms with E-state index in [2.05, 4.69) is 37.2 Å². The smallest absolute Gasteiger partial charge is 0.331 e. The lowest BCUT2D eigenvalue weighted by Crippen LogP contribution is -2.53. The molecule has 8 nitrogen and oxygen atoms in total. The van der Waals surface area contributed by atoms with Crippen molar-refractivity contribution in [1.82, 2.24) is 10.2 Å². The molecule has 10 heteroatoms. The van der Waals surface area contributed by atoms with Crippen LogP contribution in [-0.4, -0.2) is 43.6 Å². The van der Waals surface area contributed by atoms with Gasteiger partial charge in [-0.05, 0) is 79.7 Å². The zero-order valence-corrected chi connectivity index (χ0v) is 21.4. The maximum Gasteiger partial charge on any atom is 0.331 e. The molecule has 4 amide bonds. The molecule has 1 saturated heterocycles. The second-order valence-corrected chi connectivity index (χ2v) is 8.77. The summed E-state index contributed by atoms with van der Waals surface area (Å²) < 4.78 is 17.6. The number of carbonyl (C=O) groups is 3. The van der Waals surface area contributed by atoms with Crippen LogP contribution in [-0.2, 0) is 16.1 Å². The summed E-state index contributed by atoms with van der Waals surface area (Å²) in [5, 5.41) is 2.22. The quantitative estimate of drug-likeness (QED) is 0.359. The summed E-state index contributed by atoms with van der Waals surface area (Å²) in [7, 11) is 3.04. The Hall–Kier alpha value is -2.85. The topological polar surface area (TPSA) is 94.2 Å². The molecule has 2 aromatic rings. The maximum absolute atomic E-state index is 13.1. The van der Waals surface area contributed by atoms with Crippen molar-refractivity contribution in [2.75, 3.05) is 20.8 Å². The van der Waals surface area contributed by atoms with Crippen LogP contribution in [0.1, 0.15) is 24.5 Å². The van der Waals surface area contributed by atoms with Gasteiger partial charge >= 0.3 is 6.03 Å². The summed E-state index contributed by atoms with van der Waals surface area (Å²) in [6, 6.07) is 7.79. The molecule has 0 atom stereocenters. The summed E-state index contributed by atoms with van der Waals surface area (Å²) >= 11 is 6.79. The van der Waals surface area contributed by atoms with E-state index < -0.39 is 17.8 Å². The zero-order valence-electron chi connectivity index (χ0n) is 18.2. The number of hydrogen-bond donors (Lipinski definition) is 1. The van der Waals surface area contributed by atoms with Crippen molar-refractivity contribution in [3.63, 3.8) is 0 Å².